The van der Waals surface area contributed by atoms with Crippen molar-refractivity contribution in [1.29, 1.82) is 0 Å². The van der Waals surface area contributed by atoms with Crippen LogP contribution in [0.3, 0.4) is 0 Å². The number of benzene rings is 3. The van der Waals surface area contributed by atoms with Crippen molar-refractivity contribution in [3.63, 3.8) is 0 Å². The van der Waals surface area contributed by atoms with E-state index in [-0.39, 0.29) is 24.1 Å². The fourth-order valence-corrected chi connectivity index (χ4v) is 6.11. The Morgan fingerprint density at radius 2 is 1.59 bits per heavy atom. The molecular formula is C34H42N4O3. The van der Waals surface area contributed by atoms with Gasteiger partial charge in [-0.3, -0.25) is 4.79 Å². The molecule has 2 aliphatic rings. The number of hydrogen-bond donors (Lipinski definition) is 2. The van der Waals surface area contributed by atoms with E-state index in [1.807, 2.05) is 41.3 Å². The second kappa shape index (κ2) is 13.7. The summed E-state index contributed by atoms with van der Waals surface area (Å²) >= 11 is 0. The summed E-state index contributed by atoms with van der Waals surface area (Å²) in [5, 5.41) is 3.21. The number of carbonyl (C=O) groups is 2. The summed E-state index contributed by atoms with van der Waals surface area (Å²) < 4.78 is 5.16. The predicted molar refractivity (Wildman–Crippen MR) is 165 cm³/mol. The summed E-state index contributed by atoms with van der Waals surface area (Å²) in [4.78, 5) is 30.2. The van der Waals surface area contributed by atoms with Crippen LogP contribution < -0.4 is 16.0 Å². The van der Waals surface area contributed by atoms with E-state index < -0.39 is 0 Å². The Labute approximate surface area is 243 Å². The number of nitrogens with one attached hydrogen (secondary N) is 1. The monoisotopic (exact) mass is 554 g/mol. The van der Waals surface area contributed by atoms with Crippen LogP contribution in [0.15, 0.2) is 72.8 Å². The molecule has 7 heteroatoms. The van der Waals surface area contributed by atoms with Crippen LogP contribution in [0.1, 0.15) is 67.3 Å². The second-order valence-corrected chi connectivity index (χ2v) is 11.3. The van der Waals surface area contributed by atoms with Crippen LogP contribution in [0.4, 0.5) is 16.2 Å². The molecule has 0 radical (unpaired) electrons. The van der Waals surface area contributed by atoms with Gasteiger partial charge in [-0.1, -0.05) is 55.3 Å². The average Bonchev–Trinajstić information content (AvgIpc) is 3.30. The number of anilines is 2. The van der Waals surface area contributed by atoms with Gasteiger partial charge in [0.1, 0.15) is 0 Å². The smallest absolute Gasteiger partial charge is 0.410 e. The van der Waals surface area contributed by atoms with Gasteiger partial charge in [-0.15, -0.1) is 0 Å². The van der Waals surface area contributed by atoms with E-state index in [0.29, 0.717) is 12.1 Å². The van der Waals surface area contributed by atoms with E-state index in [0.717, 1.165) is 79.7 Å². The molecular weight excluding hydrogens is 512 g/mol. The maximum atomic E-state index is 13.2. The highest BCUT2D eigenvalue weighted by atomic mass is 16.5. The van der Waals surface area contributed by atoms with E-state index in [1.54, 1.807) is 0 Å². The van der Waals surface area contributed by atoms with Crippen LogP contribution in [-0.2, 0) is 11.3 Å². The zero-order valence-corrected chi connectivity index (χ0v) is 24.1. The Balaban J connectivity index is 1.43. The molecule has 1 aliphatic heterocycles. The second-order valence-electron chi connectivity index (χ2n) is 11.3. The number of nitrogens with two attached hydrogens (primary N) is 1. The van der Waals surface area contributed by atoms with Gasteiger partial charge in [0.25, 0.3) is 5.91 Å². The number of hydrogen-bond acceptors (Lipinski definition) is 5. The van der Waals surface area contributed by atoms with Crippen molar-refractivity contribution in [3.05, 3.63) is 83.9 Å². The van der Waals surface area contributed by atoms with Gasteiger partial charge in [-0.25, -0.2) is 4.79 Å². The van der Waals surface area contributed by atoms with Gasteiger partial charge in [-0.05, 0) is 85.5 Å². The molecule has 3 aromatic carbocycles. The van der Waals surface area contributed by atoms with Crippen molar-refractivity contribution in [2.75, 3.05) is 30.4 Å². The van der Waals surface area contributed by atoms with E-state index >= 15 is 0 Å². The van der Waals surface area contributed by atoms with E-state index in [1.165, 1.54) is 20.0 Å². The molecule has 0 bridgehead atoms. The van der Waals surface area contributed by atoms with Gasteiger partial charge in [0, 0.05) is 37.3 Å². The summed E-state index contributed by atoms with van der Waals surface area (Å²) in [6, 6.07) is 24.3. The summed E-state index contributed by atoms with van der Waals surface area (Å²) in [5.74, 6) is -0.117. The molecule has 0 aromatic heterocycles. The van der Waals surface area contributed by atoms with Crippen LogP contribution in [0, 0.1) is 0 Å². The largest absolute Gasteiger partial charge is 0.453 e. The fourth-order valence-electron chi connectivity index (χ4n) is 6.11. The van der Waals surface area contributed by atoms with Crippen LogP contribution in [0.25, 0.3) is 11.1 Å². The first-order valence-electron chi connectivity index (χ1n) is 15.0. The van der Waals surface area contributed by atoms with E-state index in [2.05, 4.69) is 46.6 Å². The quantitative estimate of drug-likeness (QED) is 0.334. The van der Waals surface area contributed by atoms with Gasteiger partial charge in [0.2, 0.25) is 0 Å². The minimum atomic E-state index is -0.302. The third-order valence-corrected chi connectivity index (χ3v) is 8.43. The van der Waals surface area contributed by atoms with Crippen molar-refractivity contribution in [2.24, 2.45) is 5.73 Å². The van der Waals surface area contributed by atoms with Gasteiger partial charge in [-0.2, -0.15) is 0 Å². The molecule has 41 heavy (non-hydrogen) atoms. The van der Waals surface area contributed by atoms with E-state index in [9.17, 15) is 9.59 Å². The molecule has 216 valence electrons. The first-order valence-corrected chi connectivity index (χ1v) is 15.0. The predicted octanol–water partition coefficient (Wildman–Crippen LogP) is 6.82. The average molecular weight is 555 g/mol. The summed E-state index contributed by atoms with van der Waals surface area (Å²) in [5.41, 5.74) is 11.7. The summed E-state index contributed by atoms with van der Waals surface area (Å²) in [7, 11) is 1.44. The van der Waals surface area contributed by atoms with Gasteiger partial charge in [0.15, 0.2) is 0 Å². The Morgan fingerprint density at radius 1 is 0.878 bits per heavy atom. The molecule has 0 atom stereocenters. The first-order chi connectivity index (χ1) is 20.0. The van der Waals surface area contributed by atoms with Crippen molar-refractivity contribution in [2.45, 2.75) is 70.0 Å². The lowest BCUT2D eigenvalue weighted by Crippen LogP contribution is -2.43. The number of amides is 2. The number of rotatable bonds is 7. The zero-order valence-electron chi connectivity index (χ0n) is 24.1. The SMILES string of the molecule is COC(=O)N(Cc1cccc(-c2ccc(N3CCCCCC3)c(NC(=O)c3ccccc3)c2)c1)C1CCC(N)CC1. The van der Waals surface area contributed by atoms with Gasteiger partial charge >= 0.3 is 6.09 Å². The summed E-state index contributed by atoms with van der Waals surface area (Å²) in [6.45, 7) is 2.45. The highest BCUT2D eigenvalue weighted by Crippen LogP contribution is 2.34. The van der Waals surface area contributed by atoms with Crippen molar-refractivity contribution in [1.82, 2.24) is 4.90 Å². The molecule has 0 unspecified atom stereocenters. The Kier molecular flexibility index (Phi) is 9.57. The molecule has 2 amide bonds. The highest BCUT2D eigenvalue weighted by Gasteiger charge is 2.28. The lowest BCUT2D eigenvalue weighted by molar-refractivity contribution is 0.0879. The normalized spacial score (nSPS) is 19.2. The number of methoxy groups -OCH3 is 1. The number of ether oxygens (including phenoxy) is 1. The third kappa shape index (κ3) is 7.27. The number of nitrogens with zero attached hydrogens (tertiary/aromatic N) is 2. The van der Waals surface area contributed by atoms with Crippen molar-refractivity contribution >= 4 is 23.4 Å². The summed E-state index contributed by atoms with van der Waals surface area (Å²) in [6.07, 6.45) is 8.09. The molecule has 0 spiro atoms. The molecule has 5 rings (SSSR count). The zero-order chi connectivity index (χ0) is 28.6. The molecule has 1 aliphatic carbocycles. The lowest BCUT2D eigenvalue weighted by Gasteiger charge is -2.35. The Morgan fingerprint density at radius 3 is 2.29 bits per heavy atom. The first kappa shape index (κ1) is 28.7. The Hall–Kier alpha value is -3.84. The standard InChI is InChI=1S/C34H42N4O3/c1-41-34(40)38(30-17-15-29(35)16-18-30)24-25-10-9-13-27(22-25)28-14-19-32(37-20-7-2-3-8-21-37)31(23-28)36-33(39)26-11-5-4-6-12-26/h4-6,9-14,19,22-23,29-30H,2-3,7-8,15-18,20-21,24,35H2,1H3,(H,36,39). The fraction of sp³-hybridized carbons (Fsp3) is 0.412. The minimum absolute atomic E-state index is 0.117. The van der Waals surface area contributed by atoms with Crippen LogP contribution in [0.5, 0.6) is 0 Å². The van der Waals surface area contributed by atoms with Crippen molar-refractivity contribution in [3.8, 4) is 11.1 Å². The van der Waals surface area contributed by atoms with Crippen LogP contribution in [0.2, 0.25) is 0 Å². The lowest BCUT2D eigenvalue weighted by atomic mass is 9.90. The molecule has 7 nitrogen and oxygen atoms in total. The molecule has 1 saturated carbocycles. The molecule has 1 saturated heterocycles. The third-order valence-electron chi connectivity index (χ3n) is 8.43. The maximum absolute atomic E-state index is 13.2. The van der Waals surface area contributed by atoms with Crippen LogP contribution in [-0.4, -0.2) is 49.2 Å². The molecule has 1 heterocycles. The van der Waals surface area contributed by atoms with E-state index in [4.69, 9.17) is 10.5 Å². The minimum Gasteiger partial charge on any atom is -0.453 e. The molecule has 2 fully saturated rings. The van der Waals surface area contributed by atoms with Crippen molar-refractivity contribution < 1.29 is 14.3 Å². The maximum Gasteiger partial charge on any atom is 0.410 e. The van der Waals surface area contributed by atoms with Gasteiger partial charge in [0.05, 0.1) is 18.5 Å². The number of carbonyl (C=O) groups excluding carboxylic acids is 2. The van der Waals surface area contributed by atoms with Gasteiger partial charge < -0.3 is 25.6 Å². The molecule has 3 aromatic rings. The highest BCUT2D eigenvalue weighted by molar-refractivity contribution is 6.06. The Bertz CT molecular complexity index is 1310. The molecule has 3 N–H and O–H groups in total. The van der Waals surface area contributed by atoms with Crippen LogP contribution >= 0.6 is 0 Å². The topological polar surface area (TPSA) is 87.9 Å².